The largest absolute Gasteiger partial charge is 0.442 e. The molecule has 1 atom stereocenters. The van der Waals surface area contributed by atoms with Crippen molar-refractivity contribution >= 4 is 22.1 Å². The zero-order valence-electron chi connectivity index (χ0n) is 15.4. The summed E-state index contributed by atoms with van der Waals surface area (Å²) < 4.78 is 72.7. The molecule has 7 nitrogen and oxygen atoms in total. The molecule has 0 bridgehead atoms. The first kappa shape index (κ1) is 21.0. The van der Waals surface area contributed by atoms with Gasteiger partial charge in [-0.05, 0) is 39.8 Å². The number of guanidine groups is 1. The highest BCUT2D eigenvalue weighted by Crippen LogP contribution is 2.32. The number of hydrogen-bond acceptors (Lipinski definition) is 4. The molecule has 27 heavy (non-hydrogen) atoms. The van der Waals surface area contributed by atoms with Crippen molar-refractivity contribution in [2.24, 2.45) is 4.99 Å². The number of hydrogen-bond donors (Lipinski definition) is 1. The molecule has 1 aliphatic heterocycles. The Labute approximate surface area is 155 Å². The van der Waals surface area contributed by atoms with Gasteiger partial charge in [0, 0.05) is 7.05 Å². The number of amides is 1. The topological polar surface area (TPSA) is 88.1 Å². The molecular weight excluding hydrogens is 387 g/mol. The molecule has 1 aliphatic rings. The number of halogens is 3. The van der Waals surface area contributed by atoms with E-state index in [0.29, 0.717) is 16.4 Å². The first-order chi connectivity index (χ1) is 12.2. The van der Waals surface area contributed by atoms with Gasteiger partial charge in [-0.3, -0.25) is 0 Å². The van der Waals surface area contributed by atoms with Crippen molar-refractivity contribution in [1.82, 2.24) is 9.62 Å². The van der Waals surface area contributed by atoms with Gasteiger partial charge < -0.3 is 10.1 Å². The molecule has 0 aromatic heterocycles. The highest BCUT2D eigenvalue weighted by molar-refractivity contribution is 7.89. The molecule has 1 saturated heterocycles. The highest BCUT2D eigenvalue weighted by atomic mass is 32.2. The van der Waals surface area contributed by atoms with E-state index in [0.717, 1.165) is 7.05 Å². The summed E-state index contributed by atoms with van der Waals surface area (Å²) in [5.41, 5.74) is -3.61. The van der Waals surface area contributed by atoms with E-state index in [9.17, 15) is 26.4 Å². The highest BCUT2D eigenvalue weighted by Gasteiger charge is 2.46. The summed E-state index contributed by atoms with van der Waals surface area (Å²) >= 11 is 0. The van der Waals surface area contributed by atoms with Crippen LogP contribution in [0.1, 0.15) is 33.3 Å². The summed E-state index contributed by atoms with van der Waals surface area (Å²) in [6.45, 7) is 5.92. The molecule has 1 aromatic carbocycles. The average Bonchev–Trinajstić information content (AvgIpc) is 2.46. The standard InChI is InChI=1S/C16H20F3N3O4S/c1-15(2,3)26-14(23)20-13-21-16(4,8-27(24,25)22(13)5)11-9(17)6-7-10(18)12(11)19/h6-7H,8H2,1-5H3,(H,20,21,23)/t16-/m0/s1. The van der Waals surface area contributed by atoms with Crippen LogP contribution in [0, 0.1) is 17.5 Å². The minimum atomic E-state index is -4.13. The lowest BCUT2D eigenvalue weighted by atomic mass is 9.92. The van der Waals surface area contributed by atoms with Crippen LogP contribution in [0.2, 0.25) is 0 Å². The van der Waals surface area contributed by atoms with Crippen LogP contribution < -0.4 is 5.32 Å². The average molecular weight is 407 g/mol. The fraction of sp³-hybridized carbons (Fsp3) is 0.500. The maximum atomic E-state index is 14.3. The lowest BCUT2D eigenvalue weighted by Crippen LogP contribution is -2.62. The van der Waals surface area contributed by atoms with Gasteiger partial charge in [0.05, 0.1) is 16.9 Å². The van der Waals surface area contributed by atoms with E-state index in [1.54, 1.807) is 20.8 Å². The maximum Gasteiger partial charge on any atom is 0.437 e. The SMILES string of the molecule is CN1/C(=N/C(=O)OC(C)(C)C)N[C@](C)(c2c(F)ccc(F)c2F)CS1(=O)=O. The van der Waals surface area contributed by atoms with Crippen LogP contribution >= 0.6 is 0 Å². The van der Waals surface area contributed by atoms with Crippen molar-refractivity contribution in [2.45, 2.75) is 38.8 Å². The molecule has 150 valence electrons. The Morgan fingerprint density at radius 2 is 1.81 bits per heavy atom. The number of nitrogens with one attached hydrogen (secondary N) is 1. The minimum absolute atomic E-state index is 0.499. The molecule has 11 heteroatoms. The van der Waals surface area contributed by atoms with Gasteiger partial charge in [0.15, 0.2) is 11.6 Å². The quantitative estimate of drug-likeness (QED) is 0.723. The van der Waals surface area contributed by atoms with E-state index in [4.69, 9.17) is 4.74 Å². The van der Waals surface area contributed by atoms with E-state index in [1.165, 1.54) is 6.92 Å². The number of sulfonamides is 1. The van der Waals surface area contributed by atoms with Crippen molar-refractivity contribution in [3.05, 3.63) is 35.1 Å². The van der Waals surface area contributed by atoms with Gasteiger partial charge in [0.2, 0.25) is 16.0 Å². The third-order valence-corrected chi connectivity index (χ3v) is 5.71. The van der Waals surface area contributed by atoms with Gasteiger partial charge in [0.25, 0.3) is 0 Å². The van der Waals surface area contributed by atoms with Crippen molar-refractivity contribution < 1.29 is 31.1 Å². The molecule has 1 amide bonds. The van der Waals surface area contributed by atoms with Crippen LogP contribution in [0.3, 0.4) is 0 Å². The van der Waals surface area contributed by atoms with Gasteiger partial charge >= 0.3 is 6.09 Å². The number of aliphatic imine (C=N–C) groups is 1. The minimum Gasteiger partial charge on any atom is -0.442 e. The number of ether oxygens (including phenoxy) is 1. The second-order valence-electron chi connectivity index (χ2n) is 7.31. The predicted molar refractivity (Wildman–Crippen MR) is 92.0 cm³/mol. The van der Waals surface area contributed by atoms with Crippen LogP contribution in [0.4, 0.5) is 18.0 Å². The van der Waals surface area contributed by atoms with E-state index in [2.05, 4.69) is 10.3 Å². The van der Waals surface area contributed by atoms with E-state index < -0.39 is 62.0 Å². The van der Waals surface area contributed by atoms with Crippen molar-refractivity contribution in [1.29, 1.82) is 0 Å². The monoisotopic (exact) mass is 407 g/mol. The lowest BCUT2D eigenvalue weighted by Gasteiger charge is -2.40. The summed E-state index contributed by atoms with van der Waals surface area (Å²) in [4.78, 5) is 15.5. The Morgan fingerprint density at radius 3 is 2.37 bits per heavy atom. The second kappa shape index (κ2) is 6.70. The smallest absolute Gasteiger partial charge is 0.437 e. The fourth-order valence-corrected chi connectivity index (χ4v) is 4.08. The molecule has 1 aromatic rings. The lowest BCUT2D eigenvalue weighted by molar-refractivity contribution is 0.0602. The van der Waals surface area contributed by atoms with E-state index in [1.807, 2.05) is 0 Å². The first-order valence-electron chi connectivity index (χ1n) is 7.87. The van der Waals surface area contributed by atoms with Crippen LogP contribution in [0.5, 0.6) is 0 Å². The first-order valence-corrected chi connectivity index (χ1v) is 9.48. The molecule has 1 N–H and O–H groups in total. The van der Waals surface area contributed by atoms with Crippen LogP contribution in [0.15, 0.2) is 17.1 Å². The zero-order valence-corrected chi connectivity index (χ0v) is 16.2. The predicted octanol–water partition coefficient (Wildman–Crippen LogP) is 2.48. The molecule has 1 fully saturated rings. The number of benzene rings is 1. The Balaban J connectivity index is 2.55. The Hall–Kier alpha value is -2.30. The molecule has 0 saturated carbocycles. The normalized spacial score (nSPS) is 23.9. The Kier molecular flexibility index (Phi) is 5.21. The van der Waals surface area contributed by atoms with Gasteiger partial charge in [-0.1, -0.05) is 0 Å². The molecule has 0 radical (unpaired) electrons. The molecule has 2 rings (SSSR count). The van der Waals surface area contributed by atoms with Gasteiger partial charge in [-0.25, -0.2) is 30.7 Å². The van der Waals surface area contributed by atoms with Crippen LogP contribution in [0.25, 0.3) is 0 Å². The second-order valence-corrected chi connectivity index (χ2v) is 9.31. The fourth-order valence-electron chi connectivity index (χ4n) is 2.59. The van der Waals surface area contributed by atoms with Crippen LogP contribution in [-0.2, 0) is 20.3 Å². The van der Waals surface area contributed by atoms with Crippen molar-refractivity contribution in [2.75, 3.05) is 12.8 Å². The summed E-state index contributed by atoms with van der Waals surface area (Å²) in [7, 11) is -3.01. The number of rotatable bonds is 1. The summed E-state index contributed by atoms with van der Waals surface area (Å²) in [6.07, 6.45) is -1.10. The molecule has 0 aliphatic carbocycles. The molecule has 1 heterocycles. The van der Waals surface area contributed by atoms with E-state index in [-0.39, 0.29) is 0 Å². The summed E-state index contributed by atoms with van der Waals surface area (Å²) in [6, 6.07) is 1.28. The third kappa shape index (κ3) is 4.34. The molecule has 0 spiro atoms. The Morgan fingerprint density at radius 1 is 1.26 bits per heavy atom. The summed E-state index contributed by atoms with van der Waals surface area (Å²) in [5.74, 6) is -5.29. The maximum absolute atomic E-state index is 14.3. The Bertz CT molecular complexity index is 912. The summed E-state index contributed by atoms with van der Waals surface area (Å²) in [5, 5.41) is 2.53. The van der Waals surface area contributed by atoms with Gasteiger partial charge in [-0.2, -0.15) is 0 Å². The molecular formula is C16H20F3N3O4S. The van der Waals surface area contributed by atoms with Gasteiger partial charge in [-0.15, -0.1) is 4.99 Å². The van der Waals surface area contributed by atoms with Crippen molar-refractivity contribution in [3.8, 4) is 0 Å². The zero-order chi connectivity index (χ0) is 20.8. The number of nitrogens with zero attached hydrogens (tertiary/aromatic N) is 2. The third-order valence-electron chi connectivity index (χ3n) is 3.76. The number of carbonyl (C=O) groups excluding carboxylic acids is 1. The van der Waals surface area contributed by atoms with Crippen molar-refractivity contribution in [3.63, 3.8) is 0 Å². The molecule has 0 unspecified atom stereocenters. The van der Waals surface area contributed by atoms with E-state index >= 15 is 0 Å². The van der Waals surface area contributed by atoms with Gasteiger partial charge in [0.1, 0.15) is 11.4 Å². The van der Waals surface area contributed by atoms with Crippen LogP contribution in [-0.4, -0.2) is 43.2 Å². The number of carbonyl (C=O) groups is 1.